The van der Waals surface area contributed by atoms with Crippen molar-refractivity contribution in [3.63, 3.8) is 0 Å². The maximum atomic E-state index is 3.51. The molecule has 1 saturated heterocycles. The number of rotatable bonds is 3. The Bertz CT molecular complexity index is 315. The molecule has 1 aromatic rings. The van der Waals surface area contributed by atoms with Crippen molar-refractivity contribution >= 4 is 0 Å². The van der Waals surface area contributed by atoms with Gasteiger partial charge in [0.2, 0.25) is 0 Å². The van der Waals surface area contributed by atoms with Crippen LogP contribution in [0, 0.1) is 11.8 Å². The van der Waals surface area contributed by atoms with Gasteiger partial charge in [0, 0.05) is 0 Å². The molecule has 0 amide bonds. The van der Waals surface area contributed by atoms with Crippen molar-refractivity contribution in [3.05, 3.63) is 35.4 Å². The molecule has 88 valence electrons. The van der Waals surface area contributed by atoms with E-state index in [1.165, 1.54) is 37.1 Å². The Kier molecular flexibility index (Phi) is 4.00. The lowest BCUT2D eigenvalue weighted by molar-refractivity contribution is 0.272. The summed E-state index contributed by atoms with van der Waals surface area (Å²) in [6.45, 7) is 7.00. The fourth-order valence-corrected chi connectivity index (χ4v) is 2.54. The van der Waals surface area contributed by atoms with Crippen LogP contribution < -0.4 is 5.32 Å². The van der Waals surface area contributed by atoms with Crippen LogP contribution in [0.1, 0.15) is 31.4 Å². The number of hydrogen-bond acceptors (Lipinski definition) is 1. The summed E-state index contributed by atoms with van der Waals surface area (Å²) in [6.07, 6.45) is 3.71. The van der Waals surface area contributed by atoms with Gasteiger partial charge >= 0.3 is 0 Å². The van der Waals surface area contributed by atoms with E-state index < -0.39 is 0 Å². The van der Waals surface area contributed by atoms with E-state index in [0.717, 1.165) is 18.3 Å². The van der Waals surface area contributed by atoms with E-state index in [2.05, 4.69) is 43.4 Å². The second-order valence-electron chi connectivity index (χ2n) is 5.10. The summed E-state index contributed by atoms with van der Waals surface area (Å²) < 4.78 is 0. The molecule has 1 nitrogen and oxygen atoms in total. The first kappa shape index (κ1) is 11.7. The first-order chi connectivity index (χ1) is 7.79. The SMILES string of the molecule is CCc1ccc(CC2CNCCC2C)cc1. The molecule has 1 heterocycles. The van der Waals surface area contributed by atoms with E-state index in [-0.39, 0.29) is 0 Å². The van der Waals surface area contributed by atoms with Crippen LogP contribution in [0.3, 0.4) is 0 Å². The third-order valence-corrected chi connectivity index (χ3v) is 3.92. The lowest BCUT2D eigenvalue weighted by atomic mass is 9.83. The highest BCUT2D eigenvalue weighted by atomic mass is 14.9. The van der Waals surface area contributed by atoms with Gasteiger partial charge in [0.15, 0.2) is 0 Å². The average Bonchev–Trinajstić information content (AvgIpc) is 2.33. The minimum atomic E-state index is 0.821. The monoisotopic (exact) mass is 217 g/mol. The summed E-state index contributed by atoms with van der Waals surface area (Å²) in [5, 5.41) is 3.51. The molecule has 0 bridgehead atoms. The first-order valence-corrected chi connectivity index (χ1v) is 6.58. The number of aryl methyl sites for hydroxylation is 1. The molecule has 0 aromatic heterocycles. The van der Waals surface area contributed by atoms with Crippen LogP contribution in [0.15, 0.2) is 24.3 Å². The molecule has 1 aliphatic rings. The standard InChI is InChI=1S/C15H23N/c1-3-13-4-6-14(7-5-13)10-15-11-16-9-8-12(15)2/h4-7,12,15-16H,3,8-11H2,1-2H3. The predicted octanol–water partition coefficient (Wildman–Crippen LogP) is 3.04. The molecule has 1 aliphatic heterocycles. The topological polar surface area (TPSA) is 12.0 Å². The van der Waals surface area contributed by atoms with Crippen LogP contribution >= 0.6 is 0 Å². The summed E-state index contributed by atoms with van der Waals surface area (Å²) >= 11 is 0. The van der Waals surface area contributed by atoms with Crippen LogP contribution in [-0.2, 0) is 12.8 Å². The summed E-state index contributed by atoms with van der Waals surface area (Å²) in [7, 11) is 0. The van der Waals surface area contributed by atoms with Crippen molar-refractivity contribution in [1.82, 2.24) is 5.32 Å². The largest absolute Gasteiger partial charge is 0.316 e. The van der Waals surface area contributed by atoms with Crippen molar-refractivity contribution in [2.45, 2.75) is 33.1 Å². The molecule has 2 unspecified atom stereocenters. The minimum Gasteiger partial charge on any atom is -0.316 e. The van der Waals surface area contributed by atoms with Gasteiger partial charge in [-0.3, -0.25) is 0 Å². The third kappa shape index (κ3) is 2.85. The number of piperidine rings is 1. The van der Waals surface area contributed by atoms with Gasteiger partial charge in [-0.1, -0.05) is 38.1 Å². The minimum absolute atomic E-state index is 0.821. The molecule has 1 N–H and O–H groups in total. The Balaban J connectivity index is 1.96. The maximum Gasteiger partial charge on any atom is -0.00148 e. The quantitative estimate of drug-likeness (QED) is 0.820. The Hall–Kier alpha value is -0.820. The number of hydrogen-bond donors (Lipinski definition) is 1. The fraction of sp³-hybridized carbons (Fsp3) is 0.600. The molecular formula is C15H23N. The smallest absolute Gasteiger partial charge is 0.00148 e. The molecule has 0 radical (unpaired) electrons. The first-order valence-electron chi connectivity index (χ1n) is 6.58. The van der Waals surface area contributed by atoms with Gasteiger partial charge in [0.05, 0.1) is 0 Å². The molecule has 1 heteroatoms. The van der Waals surface area contributed by atoms with Crippen molar-refractivity contribution in [3.8, 4) is 0 Å². The highest BCUT2D eigenvalue weighted by molar-refractivity contribution is 5.23. The second-order valence-corrected chi connectivity index (χ2v) is 5.10. The zero-order valence-corrected chi connectivity index (χ0v) is 10.5. The summed E-state index contributed by atoms with van der Waals surface area (Å²) in [5.41, 5.74) is 2.94. The van der Waals surface area contributed by atoms with Crippen LogP contribution in [0.4, 0.5) is 0 Å². The molecule has 0 aliphatic carbocycles. The van der Waals surface area contributed by atoms with Crippen molar-refractivity contribution in [1.29, 1.82) is 0 Å². The van der Waals surface area contributed by atoms with Crippen molar-refractivity contribution < 1.29 is 0 Å². The second kappa shape index (κ2) is 5.49. The predicted molar refractivity (Wildman–Crippen MR) is 69.7 cm³/mol. The molecule has 16 heavy (non-hydrogen) atoms. The highest BCUT2D eigenvalue weighted by Gasteiger charge is 2.20. The van der Waals surface area contributed by atoms with Crippen LogP contribution in [0.25, 0.3) is 0 Å². The van der Waals surface area contributed by atoms with Gasteiger partial charge < -0.3 is 5.32 Å². The molecule has 0 saturated carbocycles. The highest BCUT2D eigenvalue weighted by Crippen LogP contribution is 2.22. The van der Waals surface area contributed by atoms with Gasteiger partial charge in [-0.05, 0) is 55.3 Å². The van der Waals surface area contributed by atoms with E-state index in [1.54, 1.807) is 0 Å². The van der Waals surface area contributed by atoms with E-state index in [4.69, 9.17) is 0 Å². The fourth-order valence-electron chi connectivity index (χ4n) is 2.54. The van der Waals surface area contributed by atoms with Gasteiger partial charge in [-0.15, -0.1) is 0 Å². The maximum absolute atomic E-state index is 3.51. The molecule has 1 fully saturated rings. The van der Waals surface area contributed by atoms with Crippen LogP contribution in [0.5, 0.6) is 0 Å². The van der Waals surface area contributed by atoms with Crippen LogP contribution in [-0.4, -0.2) is 13.1 Å². The van der Waals surface area contributed by atoms with E-state index in [1.807, 2.05) is 0 Å². The van der Waals surface area contributed by atoms with Gasteiger partial charge in [0.25, 0.3) is 0 Å². The lowest BCUT2D eigenvalue weighted by Gasteiger charge is -2.29. The number of benzene rings is 1. The Morgan fingerprint density at radius 1 is 1.19 bits per heavy atom. The normalized spacial score (nSPS) is 25.6. The molecule has 2 rings (SSSR count). The molecule has 0 spiro atoms. The van der Waals surface area contributed by atoms with Crippen molar-refractivity contribution in [2.24, 2.45) is 11.8 Å². The van der Waals surface area contributed by atoms with Crippen molar-refractivity contribution in [2.75, 3.05) is 13.1 Å². The summed E-state index contributed by atoms with van der Waals surface area (Å²) in [5.74, 6) is 1.69. The molecule has 1 aromatic carbocycles. The molecule has 2 atom stereocenters. The zero-order valence-electron chi connectivity index (χ0n) is 10.5. The Morgan fingerprint density at radius 2 is 1.88 bits per heavy atom. The Morgan fingerprint density at radius 3 is 2.50 bits per heavy atom. The lowest BCUT2D eigenvalue weighted by Crippen LogP contribution is -2.36. The van der Waals surface area contributed by atoms with E-state index in [0.29, 0.717) is 0 Å². The van der Waals surface area contributed by atoms with Crippen LogP contribution in [0.2, 0.25) is 0 Å². The van der Waals surface area contributed by atoms with Gasteiger partial charge in [0.1, 0.15) is 0 Å². The zero-order chi connectivity index (χ0) is 11.4. The average molecular weight is 217 g/mol. The van der Waals surface area contributed by atoms with E-state index >= 15 is 0 Å². The number of nitrogens with one attached hydrogen (secondary N) is 1. The summed E-state index contributed by atoms with van der Waals surface area (Å²) in [4.78, 5) is 0. The van der Waals surface area contributed by atoms with Gasteiger partial charge in [-0.2, -0.15) is 0 Å². The van der Waals surface area contributed by atoms with Gasteiger partial charge in [-0.25, -0.2) is 0 Å². The molecular weight excluding hydrogens is 194 g/mol. The Labute approximate surface area is 99.3 Å². The third-order valence-electron chi connectivity index (χ3n) is 3.92. The van der Waals surface area contributed by atoms with E-state index in [9.17, 15) is 0 Å². The summed E-state index contributed by atoms with van der Waals surface area (Å²) in [6, 6.07) is 9.16.